The van der Waals surface area contributed by atoms with E-state index in [0.717, 1.165) is 7.11 Å². The molecule has 0 aromatic heterocycles. The van der Waals surface area contributed by atoms with Gasteiger partial charge in [0, 0.05) is 0 Å². The molecule has 0 aliphatic heterocycles. The van der Waals surface area contributed by atoms with Gasteiger partial charge in [-0.3, -0.25) is 0 Å². The van der Waals surface area contributed by atoms with Crippen LogP contribution in [0.15, 0.2) is 24.3 Å². The molecule has 4 nitrogen and oxygen atoms in total. The third-order valence-electron chi connectivity index (χ3n) is 2.97. The normalized spacial score (nSPS) is 14.0. The van der Waals surface area contributed by atoms with E-state index in [1.54, 1.807) is 25.7 Å². The number of halogens is 3. The Morgan fingerprint density at radius 1 is 1.17 bits per heavy atom. The average Bonchev–Trinajstić information content (AvgIpc) is 2.48. The van der Waals surface area contributed by atoms with Crippen LogP contribution in [0, 0.1) is 11.5 Å². The SMILES string of the molecule is COC(=O)[C@@](C#C[Si](C)(C)C)(Nc1ccccc1OC)C(F)(F)F. The van der Waals surface area contributed by atoms with Gasteiger partial charge in [0.1, 0.15) is 13.8 Å². The van der Waals surface area contributed by atoms with Crippen LogP contribution >= 0.6 is 0 Å². The summed E-state index contributed by atoms with van der Waals surface area (Å²) in [5.41, 5.74) is -0.570. The van der Waals surface area contributed by atoms with Gasteiger partial charge in [0.15, 0.2) is 0 Å². The number of benzene rings is 1. The Bertz CT molecular complexity index is 659. The smallest absolute Gasteiger partial charge is 0.434 e. The molecule has 8 heteroatoms. The van der Waals surface area contributed by atoms with Gasteiger partial charge in [-0.15, -0.1) is 5.54 Å². The van der Waals surface area contributed by atoms with Crippen molar-refractivity contribution in [3.05, 3.63) is 24.3 Å². The van der Waals surface area contributed by atoms with Crippen molar-refractivity contribution in [2.75, 3.05) is 19.5 Å². The van der Waals surface area contributed by atoms with Crippen LogP contribution in [-0.4, -0.2) is 40.0 Å². The van der Waals surface area contributed by atoms with Gasteiger partial charge in [-0.2, -0.15) is 13.2 Å². The summed E-state index contributed by atoms with van der Waals surface area (Å²) in [5, 5.41) is 2.20. The second kappa shape index (κ2) is 7.17. The molecule has 0 bridgehead atoms. The van der Waals surface area contributed by atoms with Crippen molar-refractivity contribution in [2.24, 2.45) is 0 Å². The third kappa shape index (κ3) is 4.44. The Morgan fingerprint density at radius 3 is 2.21 bits per heavy atom. The number of methoxy groups -OCH3 is 2. The minimum Gasteiger partial charge on any atom is -0.495 e. The summed E-state index contributed by atoms with van der Waals surface area (Å²) in [6.07, 6.45) is -4.99. The maximum absolute atomic E-state index is 13.8. The van der Waals surface area contributed by atoms with E-state index in [0.29, 0.717) is 0 Å². The van der Waals surface area contributed by atoms with Crippen molar-refractivity contribution in [3.8, 4) is 17.2 Å². The molecular formula is C16H20F3NO3Si. The van der Waals surface area contributed by atoms with Crippen LogP contribution in [0.4, 0.5) is 18.9 Å². The van der Waals surface area contributed by atoms with E-state index in [4.69, 9.17) is 4.74 Å². The molecule has 132 valence electrons. The van der Waals surface area contributed by atoms with E-state index >= 15 is 0 Å². The molecule has 0 saturated heterocycles. The highest BCUT2D eigenvalue weighted by atomic mass is 28.3. The maximum Gasteiger partial charge on any atom is 0.434 e. The Hall–Kier alpha value is -2.14. The summed E-state index contributed by atoms with van der Waals surface area (Å²) in [5.74, 6) is 0.745. The predicted molar refractivity (Wildman–Crippen MR) is 88.5 cm³/mol. The van der Waals surface area contributed by atoms with Gasteiger partial charge in [0.25, 0.3) is 5.54 Å². The van der Waals surface area contributed by atoms with Crippen LogP contribution in [-0.2, 0) is 9.53 Å². The van der Waals surface area contributed by atoms with Gasteiger partial charge in [-0.25, -0.2) is 4.79 Å². The van der Waals surface area contributed by atoms with E-state index in [2.05, 4.69) is 21.5 Å². The largest absolute Gasteiger partial charge is 0.495 e. The lowest BCUT2D eigenvalue weighted by Crippen LogP contribution is -2.58. The zero-order valence-electron chi connectivity index (χ0n) is 14.2. The molecule has 0 aliphatic rings. The van der Waals surface area contributed by atoms with Crippen molar-refractivity contribution >= 4 is 19.7 Å². The predicted octanol–water partition coefficient (Wildman–Crippen LogP) is 3.46. The monoisotopic (exact) mass is 359 g/mol. The standard InChI is InChI=1S/C16H20F3NO3Si/c1-22-13-9-7-6-8-12(13)20-15(14(21)23-2,16(17,18)19)10-11-24(3,4)5/h6-9,20H,1-5H3/t15-/m1/s1. The number of rotatable bonds is 4. The molecule has 24 heavy (non-hydrogen) atoms. The number of para-hydroxylation sites is 2. The first-order chi connectivity index (χ1) is 11.0. The number of anilines is 1. The lowest BCUT2D eigenvalue weighted by Gasteiger charge is -2.31. The molecule has 0 saturated carbocycles. The van der Waals surface area contributed by atoms with Crippen molar-refractivity contribution in [1.82, 2.24) is 0 Å². The van der Waals surface area contributed by atoms with E-state index < -0.39 is 25.8 Å². The Balaban J connectivity index is 3.56. The van der Waals surface area contributed by atoms with Crippen molar-refractivity contribution in [2.45, 2.75) is 31.4 Å². The molecule has 0 heterocycles. The molecule has 0 aliphatic carbocycles. The summed E-state index contributed by atoms with van der Waals surface area (Å²) in [4.78, 5) is 12.1. The number of carbonyl (C=O) groups excluding carboxylic acids is 1. The minimum atomic E-state index is -4.99. The molecule has 1 aromatic rings. The van der Waals surface area contributed by atoms with Gasteiger partial charge in [0.05, 0.1) is 19.9 Å². The maximum atomic E-state index is 13.8. The molecule has 0 amide bonds. The number of nitrogens with one attached hydrogen (secondary N) is 1. The fourth-order valence-corrected chi connectivity index (χ4v) is 2.34. The Kier molecular flexibility index (Phi) is 5.95. The summed E-state index contributed by atoms with van der Waals surface area (Å²) >= 11 is 0. The molecule has 1 rings (SSSR count). The fourth-order valence-electron chi connectivity index (χ4n) is 1.78. The van der Waals surface area contributed by atoms with Crippen LogP contribution in [0.5, 0.6) is 5.75 Å². The molecule has 0 unspecified atom stereocenters. The second-order valence-corrected chi connectivity index (χ2v) is 10.8. The molecule has 0 radical (unpaired) electrons. The quantitative estimate of drug-likeness (QED) is 0.508. The fraction of sp³-hybridized carbons (Fsp3) is 0.438. The first kappa shape index (κ1) is 19.9. The molecule has 0 fully saturated rings. The lowest BCUT2D eigenvalue weighted by molar-refractivity contribution is -0.187. The zero-order valence-corrected chi connectivity index (χ0v) is 15.2. The van der Waals surface area contributed by atoms with Crippen molar-refractivity contribution in [3.63, 3.8) is 0 Å². The molecule has 1 atom stereocenters. The lowest BCUT2D eigenvalue weighted by atomic mass is 9.99. The van der Waals surface area contributed by atoms with Crippen LogP contribution in [0.2, 0.25) is 19.6 Å². The van der Waals surface area contributed by atoms with E-state index in [9.17, 15) is 18.0 Å². The molecule has 1 N–H and O–H groups in total. The number of ether oxygens (including phenoxy) is 2. The van der Waals surface area contributed by atoms with Gasteiger partial charge in [-0.05, 0) is 12.1 Å². The average molecular weight is 359 g/mol. The Labute approximate surface area is 140 Å². The van der Waals surface area contributed by atoms with Gasteiger partial charge in [-0.1, -0.05) is 37.7 Å². The summed E-state index contributed by atoms with van der Waals surface area (Å²) < 4.78 is 50.9. The molecular weight excluding hydrogens is 339 g/mol. The third-order valence-corrected chi connectivity index (χ3v) is 3.85. The van der Waals surface area contributed by atoms with Crippen LogP contribution < -0.4 is 10.1 Å². The van der Waals surface area contributed by atoms with Crippen LogP contribution in [0.25, 0.3) is 0 Å². The van der Waals surface area contributed by atoms with Gasteiger partial charge < -0.3 is 14.8 Å². The van der Waals surface area contributed by atoms with Crippen molar-refractivity contribution < 1.29 is 27.4 Å². The van der Waals surface area contributed by atoms with Crippen LogP contribution in [0.3, 0.4) is 0 Å². The number of hydrogen-bond acceptors (Lipinski definition) is 4. The van der Waals surface area contributed by atoms with E-state index in [-0.39, 0.29) is 11.4 Å². The van der Waals surface area contributed by atoms with Crippen molar-refractivity contribution in [1.29, 1.82) is 0 Å². The zero-order chi connectivity index (χ0) is 18.6. The summed E-state index contributed by atoms with van der Waals surface area (Å²) in [6.45, 7) is 5.34. The number of carbonyl (C=O) groups is 1. The summed E-state index contributed by atoms with van der Waals surface area (Å²) in [6, 6.07) is 5.98. The van der Waals surface area contributed by atoms with Gasteiger partial charge >= 0.3 is 12.1 Å². The Morgan fingerprint density at radius 2 is 1.75 bits per heavy atom. The number of hydrogen-bond donors (Lipinski definition) is 1. The first-order valence-corrected chi connectivity index (χ1v) is 10.6. The first-order valence-electron chi connectivity index (χ1n) is 7.07. The minimum absolute atomic E-state index is 0.00685. The number of esters is 1. The summed E-state index contributed by atoms with van der Waals surface area (Å²) in [7, 11) is 0.0292. The second-order valence-electron chi connectivity index (χ2n) is 6.06. The van der Waals surface area contributed by atoms with Crippen LogP contribution in [0.1, 0.15) is 0 Å². The van der Waals surface area contributed by atoms with E-state index in [1.807, 2.05) is 0 Å². The van der Waals surface area contributed by atoms with Gasteiger partial charge in [0.2, 0.25) is 0 Å². The topological polar surface area (TPSA) is 47.6 Å². The molecule has 0 spiro atoms. The highest BCUT2D eigenvalue weighted by molar-refractivity contribution is 6.83. The highest BCUT2D eigenvalue weighted by Gasteiger charge is 2.61. The number of alkyl halides is 3. The molecule has 1 aromatic carbocycles. The highest BCUT2D eigenvalue weighted by Crippen LogP contribution is 2.37. The van der Waals surface area contributed by atoms with E-state index in [1.165, 1.54) is 25.3 Å².